The Morgan fingerprint density at radius 3 is 2.82 bits per heavy atom. The molecule has 0 saturated carbocycles. The van der Waals surface area contributed by atoms with Crippen molar-refractivity contribution in [3.8, 4) is 0 Å². The first-order valence-corrected chi connectivity index (χ1v) is 5.92. The molecule has 0 bridgehead atoms. The van der Waals surface area contributed by atoms with E-state index in [9.17, 15) is 4.79 Å². The van der Waals surface area contributed by atoms with E-state index < -0.39 is 0 Å². The summed E-state index contributed by atoms with van der Waals surface area (Å²) >= 11 is 0. The van der Waals surface area contributed by atoms with E-state index in [4.69, 9.17) is 0 Å². The molecular formula is C13H19N3O. The van der Waals surface area contributed by atoms with Crippen molar-refractivity contribution in [3.05, 3.63) is 24.3 Å². The minimum absolute atomic E-state index is 0.117. The van der Waals surface area contributed by atoms with E-state index in [1.54, 1.807) is 19.0 Å². The van der Waals surface area contributed by atoms with Crippen molar-refractivity contribution >= 4 is 17.3 Å². The average molecular weight is 233 g/mol. The molecule has 1 N–H and O–H groups in total. The molecule has 1 aliphatic heterocycles. The van der Waals surface area contributed by atoms with E-state index in [0.717, 1.165) is 24.5 Å². The molecule has 4 nitrogen and oxygen atoms in total. The summed E-state index contributed by atoms with van der Waals surface area (Å²) in [6.45, 7) is 3.70. The lowest BCUT2D eigenvalue weighted by Crippen LogP contribution is -2.48. The molecule has 2 rings (SSSR count). The Kier molecular flexibility index (Phi) is 3.22. The number of anilines is 2. The van der Waals surface area contributed by atoms with Gasteiger partial charge in [0.25, 0.3) is 0 Å². The third-order valence-electron chi connectivity index (χ3n) is 3.15. The largest absolute Gasteiger partial charge is 0.382 e. The fourth-order valence-electron chi connectivity index (χ4n) is 2.21. The second-order valence-electron chi connectivity index (χ2n) is 4.55. The molecule has 1 heterocycles. The van der Waals surface area contributed by atoms with Crippen molar-refractivity contribution in [2.75, 3.05) is 37.4 Å². The lowest BCUT2D eigenvalue weighted by Gasteiger charge is -2.36. The molecule has 1 aliphatic rings. The van der Waals surface area contributed by atoms with Crippen LogP contribution in [0.4, 0.5) is 11.4 Å². The Morgan fingerprint density at radius 2 is 2.12 bits per heavy atom. The van der Waals surface area contributed by atoms with E-state index in [1.165, 1.54) is 0 Å². The zero-order valence-electron chi connectivity index (χ0n) is 10.6. The van der Waals surface area contributed by atoms with E-state index in [1.807, 2.05) is 25.1 Å². The number of hydrogen-bond donors (Lipinski definition) is 1. The molecule has 92 valence electrons. The summed E-state index contributed by atoms with van der Waals surface area (Å²) in [5.41, 5.74) is 2.22. The predicted octanol–water partition coefficient (Wildman–Crippen LogP) is 1.40. The molecule has 1 aromatic rings. The SMILES string of the molecule is CC(C(=O)N(C)C)N1CCNc2ccccc21. The summed E-state index contributed by atoms with van der Waals surface area (Å²) in [4.78, 5) is 15.8. The Labute approximate surface area is 102 Å². The van der Waals surface area contributed by atoms with E-state index in [-0.39, 0.29) is 11.9 Å². The highest BCUT2D eigenvalue weighted by atomic mass is 16.2. The number of fused-ring (bicyclic) bond motifs is 1. The Morgan fingerprint density at radius 1 is 1.41 bits per heavy atom. The zero-order valence-corrected chi connectivity index (χ0v) is 10.6. The van der Waals surface area contributed by atoms with Crippen molar-refractivity contribution in [3.63, 3.8) is 0 Å². The molecular weight excluding hydrogens is 214 g/mol. The van der Waals surface area contributed by atoms with Gasteiger partial charge in [0.1, 0.15) is 6.04 Å². The lowest BCUT2D eigenvalue weighted by molar-refractivity contribution is -0.129. The van der Waals surface area contributed by atoms with Crippen LogP contribution in [-0.4, -0.2) is 44.0 Å². The van der Waals surface area contributed by atoms with Gasteiger partial charge in [0.05, 0.1) is 11.4 Å². The van der Waals surface area contributed by atoms with Gasteiger partial charge in [-0.25, -0.2) is 0 Å². The van der Waals surface area contributed by atoms with Crippen molar-refractivity contribution in [2.24, 2.45) is 0 Å². The molecule has 0 fully saturated rings. The van der Waals surface area contributed by atoms with Gasteiger partial charge >= 0.3 is 0 Å². The summed E-state index contributed by atoms with van der Waals surface area (Å²) < 4.78 is 0. The molecule has 0 aliphatic carbocycles. The number of amides is 1. The van der Waals surface area contributed by atoms with E-state index in [0.29, 0.717) is 0 Å². The minimum atomic E-state index is -0.117. The smallest absolute Gasteiger partial charge is 0.244 e. The normalized spacial score (nSPS) is 15.8. The van der Waals surface area contributed by atoms with Gasteiger partial charge in [-0.3, -0.25) is 4.79 Å². The van der Waals surface area contributed by atoms with Crippen molar-refractivity contribution in [1.29, 1.82) is 0 Å². The minimum Gasteiger partial charge on any atom is -0.382 e. The number of benzene rings is 1. The third kappa shape index (κ3) is 2.20. The van der Waals surface area contributed by atoms with Gasteiger partial charge in [0, 0.05) is 27.2 Å². The average Bonchev–Trinajstić information content (AvgIpc) is 2.36. The Hall–Kier alpha value is -1.71. The molecule has 0 radical (unpaired) electrons. The summed E-state index contributed by atoms with van der Waals surface area (Å²) in [5.74, 6) is 0.140. The van der Waals surface area contributed by atoms with Crippen LogP contribution in [0, 0.1) is 0 Å². The molecule has 0 saturated heterocycles. The van der Waals surface area contributed by atoms with Crippen LogP contribution in [0.15, 0.2) is 24.3 Å². The van der Waals surface area contributed by atoms with Crippen LogP contribution < -0.4 is 10.2 Å². The second kappa shape index (κ2) is 4.65. The number of rotatable bonds is 2. The van der Waals surface area contributed by atoms with Crippen LogP contribution in [0.1, 0.15) is 6.92 Å². The topological polar surface area (TPSA) is 35.6 Å². The summed E-state index contributed by atoms with van der Waals surface area (Å²) in [6, 6.07) is 8.00. The fraction of sp³-hybridized carbons (Fsp3) is 0.462. The second-order valence-corrected chi connectivity index (χ2v) is 4.55. The van der Waals surface area contributed by atoms with Gasteiger partial charge in [-0.05, 0) is 19.1 Å². The Balaban J connectivity index is 2.26. The fourth-order valence-corrected chi connectivity index (χ4v) is 2.21. The van der Waals surface area contributed by atoms with Gasteiger partial charge in [0.15, 0.2) is 0 Å². The van der Waals surface area contributed by atoms with E-state index in [2.05, 4.69) is 16.3 Å². The van der Waals surface area contributed by atoms with Crippen LogP contribution in [0.5, 0.6) is 0 Å². The number of carbonyl (C=O) groups excluding carboxylic acids is 1. The number of carbonyl (C=O) groups is 1. The highest BCUT2D eigenvalue weighted by Crippen LogP contribution is 2.30. The number of hydrogen-bond acceptors (Lipinski definition) is 3. The first-order chi connectivity index (χ1) is 8.11. The van der Waals surface area contributed by atoms with E-state index >= 15 is 0 Å². The van der Waals surface area contributed by atoms with Crippen molar-refractivity contribution in [1.82, 2.24) is 4.90 Å². The molecule has 1 aromatic carbocycles. The standard InChI is InChI=1S/C13H19N3O/c1-10(13(17)15(2)3)16-9-8-14-11-6-4-5-7-12(11)16/h4-7,10,14H,8-9H2,1-3H3. The van der Waals surface area contributed by atoms with Crippen LogP contribution in [0.25, 0.3) is 0 Å². The van der Waals surface area contributed by atoms with Crippen LogP contribution in [0.3, 0.4) is 0 Å². The van der Waals surface area contributed by atoms with Crippen LogP contribution in [-0.2, 0) is 4.79 Å². The summed E-state index contributed by atoms with van der Waals surface area (Å²) in [6.07, 6.45) is 0. The highest BCUT2D eigenvalue weighted by molar-refractivity contribution is 5.86. The summed E-state index contributed by atoms with van der Waals surface area (Å²) in [5, 5.41) is 3.35. The van der Waals surface area contributed by atoms with Gasteiger partial charge in [-0.1, -0.05) is 12.1 Å². The molecule has 0 spiro atoms. The third-order valence-corrected chi connectivity index (χ3v) is 3.15. The zero-order chi connectivity index (χ0) is 12.4. The molecule has 0 aromatic heterocycles. The first kappa shape index (κ1) is 11.8. The van der Waals surface area contributed by atoms with Gasteiger partial charge in [-0.2, -0.15) is 0 Å². The number of nitrogens with one attached hydrogen (secondary N) is 1. The number of para-hydroxylation sites is 2. The first-order valence-electron chi connectivity index (χ1n) is 5.92. The molecule has 17 heavy (non-hydrogen) atoms. The van der Waals surface area contributed by atoms with Gasteiger partial charge in [-0.15, -0.1) is 0 Å². The maximum absolute atomic E-state index is 12.0. The van der Waals surface area contributed by atoms with Crippen LogP contribution in [0.2, 0.25) is 0 Å². The quantitative estimate of drug-likeness (QED) is 0.838. The number of likely N-dealkylation sites (N-methyl/N-ethyl adjacent to an activating group) is 1. The lowest BCUT2D eigenvalue weighted by atomic mass is 10.1. The Bertz CT molecular complexity index is 417. The molecule has 1 unspecified atom stereocenters. The van der Waals surface area contributed by atoms with Crippen molar-refractivity contribution < 1.29 is 4.79 Å². The summed E-state index contributed by atoms with van der Waals surface area (Å²) in [7, 11) is 3.60. The maximum Gasteiger partial charge on any atom is 0.244 e. The van der Waals surface area contributed by atoms with Crippen LogP contribution >= 0.6 is 0 Å². The van der Waals surface area contributed by atoms with Gasteiger partial charge in [0.2, 0.25) is 5.91 Å². The monoisotopic (exact) mass is 233 g/mol. The number of nitrogens with zero attached hydrogens (tertiary/aromatic N) is 2. The van der Waals surface area contributed by atoms with Gasteiger partial charge < -0.3 is 15.1 Å². The molecule has 1 atom stereocenters. The maximum atomic E-state index is 12.0. The van der Waals surface area contributed by atoms with Crippen molar-refractivity contribution in [2.45, 2.75) is 13.0 Å². The predicted molar refractivity (Wildman–Crippen MR) is 70.4 cm³/mol. The highest BCUT2D eigenvalue weighted by Gasteiger charge is 2.26. The molecule has 1 amide bonds. The molecule has 4 heteroatoms.